The van der Waals surface area contributed by atoms with Crippen molar-refractivity contribution in [3.05, 3.63) is 29.8 Å². The van der Waals surface area contributed by atoms with Crippen LogP contribution in [0.2, 0.25) is 0 Å². The molecular formula is C20H33N5O2. The third-order valence-corrected chi connectivity index (χ3v) is 4.48. The van der Waals surface area contributed by atoms with Crippen molar-refractivity contribution in [1.82, 2.24) is 15.5 Å². The molecule has 1 fully saturated rings. The number of guanidine groups is 1. The molecule has 150 valence electrons. The summed E-state index contributed by atoms with van der Waals surface area (Å²) in [7, 11) is 1.77. The van der Waals surface area contributed by atoms with E-state index in [-0.39, 0.29) is 5.91 Å². The van der Waals surface area contributed by atoms with Gasteiger partial charge in [-0.05, 0) is 24.1 Å². The van der Waals surface area contributed by atoms with E-state index in [1.807, 2.05) is 24.3 Å². The first kappa shape index (κ1) is 21.2. The van der Waals surface area contributed by atoms with E-state index in [9.17, 15) is 4.79 Å². The van der Waals surface area contributed by atoms with E-state index in [1.54, 1.807) is 7.05 Å². The predicted molar refractivity (Wildman–Crippen MR) is 110 cm³/mol. The quantitative estimate of drug-likeness (QED) is 0.349. The van der Waals surface area contributed by atoms with Crippen LogP contribution in [0.3, 0.4) is 0 Å². The molecule has 7 heteroatoms. The number of morpholine rings is 1. The lowest BCUT2D eigenvalue weighted by molar-refractivity contribution is -0.116. The molecule has 3 N–H and O–H groups in total. The van der Waals surface area contributed by atoms with E-state index in [4.69, 9.17) is 4.74 Å². The molecule has 1 aliphatic heterocycles. The number of carbonyl (C=O) groups is 1. The third kappa shape index (κ3) is 8.41. The predicted octanol–water partition coefficient (Wildman–Crippen LogP) is 1.81. The van der Waals surface area contributed by atoms with Crippen molar-refractivity contribution in [2.45, 2.75) is 32.7 Å². The largest absolute Gasteiger partial charge is 0.379 e. The highest BCUT2D eigenvalue weighted by molar-refractivity contribution is 5.90. The van der Waals surface area contributed by atoms with Crippen LogP contribution in [0, 0.1) is 0 Å². The number of anilines is 1. The van der Waals surface area contributed by atoms with E-state index < -0.39 is 0 Å². The van der Waals surface area contributed by atoms with Crippen LogP contribution in [0.25, 0.3) is 0 Å². The Balaban J connectivity index is 1.75. The summed E-state index contributed by atoms with van der Waals surface area (Å²) < 4.78 is 5.33. The van der Waals surface area contributed by atoms with Gasteiger partial charge in [0.1, 0.15) is 0 Å². The maximum Gasteiger partial charge on any atom is 0.225 e. The maximum atomic E-state index is 12.2. The van der Waals surface area contributed by atoms with E-state index in [1.165, 1.54) is 0 Å². The second kappa shape index (κ2) is 12.3. The Morgan fingerprint density at radius 3 is 2.81 bits per heavy atom. The van der Waals surface area contributed by atoms with Gasteiger partial charge in [0.2, 0.25) is 5.91 Å². The van der Waals surface area contributed by atoms with Gasteiger partial charge in [-0.1, -0.05) is 25.5 Å². The molecule has 7 nitrogen and oxygen atoms in total. The van der Waals surface area contributed by atoms with E-state index >= 15 is 0 Å². The molecule has 0 aliphatic carbocycles. The fourth-order valence-electron chi connectivity index (χ4n) is 2.86. The Kier molecular flexibility index (Phi) is 9.65. The number of nitrogens with zero attached hydrogens (tertiary/aromatic N) is 2. The summed E-state index contributed by atoms with van der Waals surface area (Å²) in [4.78, 5) is 18.7. The number of rotatable bonds is 9. The number of nitrogens with one attached hydrogen (secondary N) is 3. The molecule has 0 aromatic heterocycles. The Morgan fingerprint density at radius 1 is 1.26 bits per heavy atom. The highest BCUT2D eigenvalue weighted by Gasteiger charge is 2.12. The number of benzene rings is 1. The lowest BCUT2D eigenvalue weighted by Gasteiger charge is -2.26. The zero-order valence-corrected chi connectivity index (χ0v) is 16.6. The second-order valence-corrected chi connectivity index (χ2v) is 6.66. The molecule has 1 aromatic rings. The molecule has 2 rings (SSSR count). The molecule has 1 aromatic carbocycles. The van der Waals surface area contributed by atoms with Crippen molar-refractivity contribution in [2.75, 3.05) is 51.8 Å². The van der Waals surface area contributed by atoms with Crippen molar-refractivity contribution in [1.29, 1.82) is 0 Å². The second-order valence-electron chi connectivity index (χ2n) is 6.66. The van der Waals surface area contributed by atoms with Crippen molar-refractivity contribution >= 4 is 17.6 Å². The van der Waals surface area contributed by atoms with Crippen LogP contribution in [-0.4, -0.2) is 63.2 Å². The van der Waals surface area contributed by atoms with E-state index in [0.717, 1.165) is 69.4 Å². The topological polar surface area (TPSA) is 78.0 Å². The first-order chi connectivity index (χ1) is 13.2. The summed E-state index contributed by atoms with van der Waals surface area (Å²) in [6, 6.07) is 7.92. The van der Waals surface area contributed by atoms with Gasteiger partial charge < -0.3 is 20.7 Å². The molecule has 0 unspecified atom stereocenters. The average Bonchev–Trinajstić information content (AvgIpc) is 2.70. The van der Waals surface area contributed by atoms with Crippen molar-refractivity contribution < 1.29 is 9.53 Å². The van der Waals surface area contributed by atoms with Gasteiger partial charge in [0.15, 0.2) is 5.96 Å². The SMILES string of the molecule is CCCCNC(=NC)NCc1cccc(NC(=O)CCN2CCOCC2)c1. The summed E-state index contributed by atoms with van der Waals surface area (Å²) >= 11 is 0. The minimum Gasteiger partial charge on any atom is -0.379 e. The number of hydrogen-bond donors (Lipinski definition) is 3. The molecule has 0 spiro atoms. The average molecular weight is 376 g/mol. The van der Waals surface area contributed by atoms with Crippen LogP contribution in [0.15, 0.2) is 29.3 Å². The fraction of sp³-hybridized carbons (Fsp3) is 0.600. The zero-order valence-electron chi connectivity index (χ0n) is 16.6. The van der Waals surface area contributed by atoms with Gasteiger partial charge >= 0.3 is 0 Å². The molecule has 0 atom stereocenters. The molecule has 0 radical (unpaired) electrons. The zero-order chi connectivity index (χ0) is 19.3. The summed E-state index contributed by atoms with van der Waals surface area (Å²) in [5.41, 5.74) is 1.93. The van der Waals surface area contributed by atoms with Crippen LogP contribution in [0.4, 0.5) is 5.69 Å². The van der Waals surface area contributed by atoms with Crippen LogP contribution < -0.4 is 16.0 Å². The molecule has 1 aliphatic rings. The maximum absolute atomic E-state index is 12.2. The molecule has 1 saturated heterocycles. The van der Waals surface area contributed by atoms with Gasteiger partial charge in [-0.15, -0.1) is 0 Å². The Hall–Kier alpha value is -2.12. The van der Waals surface area contributed by atoms with Gasteiger partial charge in [-0.3, -0.25) is 14.7 Å². The van der Waals surface area contributed by atoms with Crippen LogP contribution in [-0.2, 0) is 16.1 Å². The normalized spacial score (nSPS) is 15.4. The minimum absolute atomic E-state index is 0.0450. The molecule has 1 amide bonds. The lowest BCUT2D eigenvalue weighted by Crippen LogP contribution is -2.38. The van der Waals surface area contributed by atoms with Gasteiger partial charge in [0, 0.05) is 51.9 Å². The van der Waals surface area contributed by atoms with Gasteiger partial charge in [0.25, 0.3) is 0 Å². The van der Waals surface area contributed by atoms with Crippen LogP contribution in [0.5, 0.6) is 0 Å². The van der Waals surface area contributed by atoms with Crippen molar-refractivity contribution in [2.24, 2.45) is 4.99 Å². The van der Waals surface area contributed by atoms with Gasteiger partial charge in [-0.2, -0.15) is 0 Å². The smallest absolute Gasteiger partial charge is 0.225 e. The number of amides is 1. The Morgan fingerprint density at radius 2 is 2.07 bits per heavy atom. The standard InChI is InChI=1S/C20H33N5O2/c1-3-4-9-22-20(21-2)23-16-17-6-5-7-18(15-17)24-19(26)8-10-25-11-13-27-14-12-25/h5-7,15H,3-4,8-14,16H2,1-2H3,(H,24,26)(H2,21,22,23). The van der Waals surface area contributed by atoms with Crippen molar-refractivity contribution in [3.63, 3.8) is 0 Å². The highest BCUT2D eigenvalue weighted by Crippen LogP contribution is 2.11. The van der Waals surface area contributed by atoms with Crippen LogP contribution >= 0.6 is 0 Å². The first-order valence-corrected chi connectivity index (χ1v) is 9.84. The van der Waals surface area contributed by atoms with E-state index in [2.05, 4.69) is 32.8 Å². The summed E-state index contributed by atoms with van der Waals surface area (Å²) in [5, 5.41) is 9.59. The third-order valence-electron chi connectivity index (χ3n) is 4.48. The molecular weight excluding hydrogens is 342 g/mol. The number of aliphatic imine (C=N–C) groups is 1. The van der Waals surface area contributed by atoms with Crippen LogP contribution in [0.1, 0.15) is 31.7 Å². The number of unbranched alkanes of at least 4 members (excludes halogenated alkanes) is 1. The Bertz CT molecular complexity index is 600. The molecule has 27 heavy (non-hydrogen) atoms. The number of ether oxygens (including phenoxy) is 1. The molecule has 1 heterocycles. The highest BCUT2D eigenvalue weighted by atomic mass is 16.5. The fourth-order valence-corrected chi connectivity index (χ4v) is 2.86. The first-order valence-electron chi connectivity index (χ1n) is 9.84. The summed E-state index contributed by atoms with van der Waals surface area (Å²) in [6.07, 6.45) is 2.76. The number of carbonyl (C=O) groups excluding carboxylic acids is 1. The Labute approximate surface area is 162 Å². The monoisotopic (exact) mass is 375 g/mol. The molecule has 0 saturated carbocycles. The van der Waals surface area contributed by atoms with Gasteiger partial charge in [-0.25, -0.2) is 0 Å². The molecule has 0 bridgehead atoms. The summed E-state index contributed by atoms with van der Waals surface area (Å²) in [6.45, 7) is 7.83. The summed E-state index contributed by atoms with van der Waals surface area (Å²) in [5.74, 6) is 0.840. The minimum atomic E-state index is 0.0450. The number of hydrogen-bond acceptors (Lipinski definition) is 4. The lowest BCUT2D eigenvalue weighted by atomic mass is 10.2. The van der Waals surface area contributed by atoms with E-state index in [0.29, 0.717) is 13.0 Å². The van der Waals surface area contributed by atoms with Crippen molar-refractivity contribution in [3.8, 4) is 0 Å². The van der Waals surface area contributed by atoms with Gasteiger partial charge in [0.05, 0.1) is 13.2 Å².